The van der Waals surface area contributed by atoms with Crippen molar-refractivity contribution in [2.45, 2.75) is 50.4 Å². The third-order valence-corrected chi connectivity index (χ3v) is 4.70. The van der Waals surface area contributed by atoms with Crippen LogP contribution in [0.1, 0.15) is 25.5 Å². The van der Waals surface area contributed by atoms with Gasteiger partial charge in [0.05, 0.1) is 19.0 Å². The van der Waals surface area contributed by atoms with E-state index in [0.29, 0.717) is 18.5 Å². The molecule has 0 aromatic carbocycles. The van der Waals surface area contributed by atoms with Crippen molar-refractivity contribution in [1.82, 2.24) is 25.5 Å². The summed E-state index contributed by atoms with van der Waals surface area (Å²) in [6.45, 7) is 0.940. The van der Waals surface area contributed by atoms with E-state index < -0.39 is 54.5 Å². The van der Waals surface area contributed by atoms with E-state index in [1.807, 2.05) is 0 Å². The standard InChI is InChI=1S/C17H26N6O6/c1-9(21-15(26)11(18)5-10-6-19-8-20-10)14(25)22-12(7-24)16(27)23-4-2-3-13(23)17(28)29/h6,8-9,11-13,24H,2-5,7,18H2,1H3,(H,19,20)(H,21,26)(H,22,25)(H,28,29). The molecule has 0 aliphatic carbocycles. The lowest BCUT2D eigenvalue weighted by molar-refractivity contribution is -0.150. The van der Waals surface area contributed by atoms with Gasteiger partial charge in [0, 0.05) is 24.9 Å². The number of nitrogens with one attached hydrogen (secondary N) is 3. The zero-order valence-corrected chi connectivity index (χ0v) is 16.0. The summed E-state index contributed by atoms with van der Waals surface area (Å²) in [4.78, 5) is 56.1. The average Bonchev–Trinajstić information content (AvgIpc) is 3.36. The molecule has 12 heteroatoms. The van der Waals surface area contributed by atoms with Gasteiger partial charge in [-0.2, -0.15) is 0 Å². The SMILES string of the molecule is CC(NC(=O)C(N)Cc1cnc[nH]1)C(=O)NC(CO)C(=O)N1CCCC1C(=O)O. The number of amides is 3. The molecule has 7 N–H and O–H groups in total. The summed E-state index contributed by atoms with van der Waals surface area (Å²) in [5.74, 6) is -3.09. The van der Waals surface area contributed by atoms with Crippen LogP contribution in [0, 0.1) is 0 Å². The van der Waals surface area contributed by atoms with Crippen LogP contribution in [0.4, 0.5) is 0 Å². The third-order valence-electron chi connectivity index (χ3n) is 4.70. The molecule has 1 aromatic heterocycles. The fourth-order valence-electron chi connectivity index (χ4n) is 3.08. The molecule has 2 rings (SSSR count). The number of rotatable bonds is 9. The number of hydrogen-bond acceptors (Lipinski definition) is 7. The number of nitrogens with two attached hydrogens (primary N) is 1. The largest absolute Gasteiger partial charge is 0.480 e. The number of aliphatic hydroxyl groups excluding tert-OH is 1. The molecule has 3 amide bonds. The first-order chi connectivity index (χ1) is 13.7. The van der Waals surface area contributed by atoms with Crippen LogP contribution in [0.5, 0.6) is 0 Å². The Morgan fingerprint density at radius 2 is 2.07 bits per heavy atom. The van der Waals surface area contributed by atoms with Crippen molar-refractivity contribution in [3.63, 3.8) is 0 Å². The number of carboxylic acids is 1. The smallest absolute Gasteiger partial charge is 0.326 e. The van der Waals surface area contributed by atoms with E-state index in [-0.39, 0.29) is 13.0 Å². The van der Waals surface area contributed by atoms with E-state index >= 15 is 0 Å². The summed E-state index contributed by atoms with van der Waals surface area (Å²) in [5, 5.41) is 23.5. The second-order valence-electron chi connectivity index (χ2n) is 6.89. The van der Waals surface area contributed by atoms with Gasteiger partial charge in [-0.1, -0.05) is 0 Å². The Labute approximate surface area is 166 Å². The molecule has 4 unspecified atom stereocenters. The van der Waals surface area contributed by atoms with Gasteiger partial charge in [0.2, 0.25) is 17.7 Å². The van der Waals surface area contributed by atoms with Gasteiger partial charge in [-0.15, -0.1) is 0 Å². The highest BCUT2D eigenvalue weighted by atomic mass is 16.4. The highest BCUT2D eigenvalue weighted by Gasteiger charge is 2.37. The Hall–Kier alpha value is -2.99. The lowest BCUT2D eigenvalue weighted by Crippen LogP contribution is -2.57. The van der Waals surface area contributed by atoms with Gasteiger partial charge in [0.1, 0.15) is 18.1 Å². The minimum absolute atomic E-state index is 0.198. The fraction of sp³-hybridized carbons (Fsp3) is 0.588. The lowest BCUT2D eigenvalue weighted by Gasteiger charge is -2.27. The zero-order chi connectivity index (χ0) is 21.6. The fourth-order valence-corrected chi connectivity index (χ4v) is 3.08. The predicted octanol–water partition coefficient (Wildman–Crippen LogP) is -2.66. The Bertz CT molecular complexity index is 739. The number of H-pyrrole nitrogens is 1. The van der Waals surface area contributed by atoms with Crippen molar-refractivity contribution < 1.29 is 29.4 Å². The van der Waals surface area contributed by atoms with Crippen LogP contribution in [-0.2, 0) is 25.6 Å². The van der Waals surface area contributed by atoms with Gasteiger partial charge in [-0.25, -0.2) is 9.78 Å². The zero-order valence-electron chi connectivity index (χ0n) is 16.0. The highest BCUT2D eigenvalue weighted by Crippen LogP contribution is 2.18. The number of imidazole rings is 1. The molecule has 0 spiro atoms. The molecule has 0 bridgehead atoms. The number of hydrogen-bond donors (Lipinski definition) is 6. The van der Waals surface area contributed by atoms with Crippen LogP contribution in [-0.4, -0.2) is 86.1 Å². The molecular formula is C17H26N6O6. The number of nitrogens with zero attached hydrogens (tertiary/aromatic N) is 2. The number of aromatic nitrogens is 2. The molecule has 1 aliphatic heterocycles. The van der Waals surface area contributed by atoms with Crippen LogP contribution < -0.4 is 16.4 Å². The highest BCUT2D eigenvalue weighted by molar-refractivity contribution is 5.94. The quantitative estimate of drug-likeness (QED) is 0.254. The Balaban J connectivity index is 1.90. The maximum Gasteiger partial charge on any atom is 0.326 e. The molecule has 2 heterocycles. The number of aliphatic carboxylic acids is 1. The van der Waals surface area contributed by atoms with Crippen LogP contribution in [0.15, 0.2) is 12.5 Å². The van der Waals surface area contributed by atoms with Gasteiger partial charge in [-0.05, 0) is 19.8 Å². The summed E-state index contributed by atoms with van der Waals surface area (Å²) in [6.07, 6.45) is 4.02. The molecule has 160 valence electrons. The van der Waals surface area contributed by atoms with Gasteiger partial charge < -0.3 is 36.5 Å². The second-order valence-corrected chi connectivity index (χ2v) is 6.89. The number of aliphatic hydroxyl groups is 1. The summed E-state index contributed by atoms with van der Waals surface area (Å²) in [7, 11) is 0. The van der Waals surface area contributed by atoms with E-state index in [4.69, 9.17) is 5.73 Å². The maximum atomic E-state index is 12.5. The average molecular weight is 410 g/mol. The Morgan fingerprint density at radius 3 is 2.66 bits per heavy atom. The number of aromatic amines is 1. The van der Waals surface area contributed by atoms with Crippen molar-refractivity contribution in [3.05, 3.63) is 18.2 Å². The van der Waals surface area contributed by atoms with Gasteiger partial charge in [0.25, 0.3) is 0 Å². The Kier molecular flexibility index (Phi) is 7.67. The Morgan fingerprint density at radius 1 is 1.34 bits per heavy atom. The lowest BCUT2D eigenvalue weighted by atomic mass is 10.1. The summed E-state index contributed by atoms with van der Waals surface area (Å²) >= 11 is 0. The molecule has 1 aromatic rings. The maximum absolute atomic E-state index is 12.5. The number of carbonyl (C=O) groups excluding carboxylic acids is 3. The normalized spacial score (nSPS) is 19.3. The molecule has 1 fully saturated rings. The minimum Gasteiger partial charge on any atom is -0.480 e. The van der Waals surface area contributed by atoms with Crippen LogP contribution in [0.2, 0.25) is 0 Å². The molecule has 4 atom stereocenters. The second kappa shape index (κ2) is 9.98. The summed E-state index contributed by atoms with van der Waals surface area (Å²) in [5.41, 5.74) is 6.47. The first-order valence-electron chi connectivity index (χ1n) is 9.22. The predicted molar refractivity (Wildman–Crippen MR) is 99.3 cm³/mol. The van der Waals surface area contributed by atoms with Crippen molar-refractivity contribution in [2.24, 2.45) is 5.73 Å². The number of carbonyl (C=O) groups is 4. The monoisotopic (exact) mass is 410 g/mol. The van der Waals surface area contributed by atoms with Crippen molar-refractivity contribution >= 4 is 23.7 Å². The molecular weight excluding hydrogens is 384 g/mol. The van der Waals surface area contributed by atoms with Crippen molar-refractivity contribution in [3.8, 4) is 0 Å². The van der Waals surface area contributed by atoms with Gasteiger partial charge in [0.15, 0.2) is 0 Å². The summed E-state index contributed by atoms with van der Waals surface area (Å²) in [6, 6.07) is -4.22. The van der Waals surface area contributed by atoms with E-state index in [1.165, 1.54) is 19.4 Å². The molecule has 0 radical (unpaired) electrons. The van der Waals surface area contributed by atoms with E-state index in [0.717, 1.165) is 4.90 Å². The van der Waals surface area contributed by atoms with E-state index in [9.17, 15) is 29.4 Å². The van der Waals surface area contributed by atoms with Crippen LogP contribution >= 0.6 is 0 Å². The van der Waals surface area contributed by atoms with Gasteiger partial charge >= 0.3 is 5.97 Å². The van der Waals surface area contributed by atoms with Crippen molar-refractivity contribution in [2.75, 3.05) is 13.2 Å². The molecule has 1 aliphatic rings. The van der Waals surface area contributed by atoms with E-state index in [1.54, 1.807) is 0 Å². The first kappa shape index (κ1) is 22.3. The topological polar surface area (TPSA) is 191 Å². The number of likely N-dealkylation sites (tertiary alicyclic amines) is 1. The number of carboxylic acid groups (broad SMARTS) is 1. The van der Waals surface area contributed by atoms with Gasteiger partial charge in [-0.3, -0.25) is 14.4 Å². The summed E-state index contributed by atoms with van der Waals surface area (Å²) < 4.78 is 0. The van der Waals surface area contributed by atoms with Crippen molar-refractivity contribution in [1.29, 1.82) is 0 Å². The van der Waals surface area contributed by atoms with Crippen LogP contribution in [0.25, 0.3) is 0 Å². The van der Waals surface area contributed by atoms with Crippen LogP contribution in [0.3, 0.4) is 0 Å². The minimum atomic E-state index is -1.31. The molecule has 1 saturated heterocycles. The first-order valence-corrected chi connectivity index (χ1v) is 9.22. The van der Waals surface area contributed by atoms with E-state index in [2.05, 4.69) is 20.6 Å². The molecule has 12 nitrogen and oxygen atoms in total. The third kappa shape index (κ3) is 5.74. The molecule has 0 saturated carbocycles. The molecule has 29 heavy (non-hydrogen) atoms.